The number of aliphatic hydroxyl groups is 1. The predicted molar refractivity (Wildman–Crippen MR) is 147 cm³/mol. The topological polar surface area (TPSA) is 91.0 Å². The van der Waals surface area contributed by atoms with Crippen LogP contribution in [-0.2, 0) is 16.6 Å². The third kappa shape index (κ3) is 4.76. The average Bonchev–Trinajstić information content (AvgIpc) is 3.40. The van der Waals surface area contributed by atoms with Gasteiger partial charge in [-0.3, -0.25) is 24.2 Å². The van der Waals surface area contributed by atoms with Gasteiger partial charge in [-0.1, -0.05) is 37.8 Å². The van der Waals surface area contributed by atoms with Crippen molar-refractivity contribution in [2.45, 2.75) is 45.3 Å². The average molecular weight is 532 g/mol. The molecule has 6 rings (SSSR count). The van der Waals surface area contributed by atoms with E-state index in [0.29, 0.717) is 38.3 Å². The van der Waals surface area contributed by atoms with E-state index in [1.165, 1.54) is 6.07 Å². The lowest BCUT2D eigenvalue weighted by Crippen LogP contribution is -2.58. The van der Waals surface area contributed by atoms with E-state index < -0.39 is 17.0 Å². The van der Waals surface area contributed by atoms with E-state index >= 15 is 4.39 Å². The molecule has 1 aliphatic carbocycles. The maximum atomic E-state index is 15.5. The number of aromatic nitrogens is 2. The highest BCUT2D eigenvalue weighted by molar-refractivity contribution is 6.15. The third-order valence-corrected chi connectivity index (χ3v) is 7.68. The number of rotatable bonds is 6. The zero-order valence-corrected chi connectivity index (χ0v) is 21.7. The molecule has 204 valence electrons. The first-order valence-corrected chi connectivity index (χ1v) is 12.9. The number of carbonyl (C=O) groups excluding carboxylic acids is 2. The number of hydrogen-bond acceptors (Lipinski definition) is 5. The largest absolute Gasteiger partial charge is 0.380 e. The number of likely N-dealkylation sites (tertiary alicyclic amines) is 1. The number of aryl methyl sites for hydroxylation is 1. The molecule has 0 atom stereocenters. The minimum atomic E-state index is -1.19. The second kappa shape index (κ2) is 9.41. The second-order valence-electron chi connectivity index (χ2n) is 11.2. The van der Waals surface area contributed by atoms with Crippen LogP contribution in [0.1, 0.15) is 39.7 Å². The molecule has 0 bridgehead atoms. The maximum absolute atomic E-state index is 15.5. The van der Waals surface area contributed by atoms with Gasteiger partial charge in [0.1, 0.15) is 22.8 Å². The smallest absolute Gasteiger partial charge is 0.255 e. The Hall–Kier alpha value is -3.85. The molecule has 0 spiro atoms. The molecule has 3 heterocycles. The monoisotopic (exact) mass is 531 g/mol. The van der Waals surface area contributed by atoms with Crippen LogP contribution >= 0.6 is 0 Å². The normalized spacial score (nSPS) is 19.4. The van der Waals surface area contributed by atoms with Gasteiger partial charge < -0.3 is 10.0 Å². The Morgan fingerprint density at radius 1 is 1.05 bits per heavy atom. The predicted octanol–water partition coefficient (Wildman–Crippen LogP) is 3.88. The summed E-state index contributed by atoms with van der Waals surface area (Å²) in [7, 11) is 1.87. The van der Waals surface area contributed by atoms with Gasteiger partial charge in [-0.05, 0) is 55.5 Å². The highest BCUT2D eigenvalue weighted by Gasteiger charge is 2.53. The molecule has 1 saturated carbocycles. The number of amides is 2. The summed E-state index contributed by atoms with van der Waals surface area (Å²) in [5.41, 5.74) is 1.73. The minimum absolute atomic E-state index is 0. The number of aliphatic imine (C=N–C) groups is 1. The van der Waals surface area contributed by atoms with E-state index in [1.54, 1.807) is 40.6 Å². The van der Waals surface area contributed by atoms with Crippen LogP contribution < -0.4 is 0 Å². The Balaban J connectivity index is 0.00000308. The Morgan fingerprint density at radius 3 is 2.23 bits per heavy atom. The lowest BCUT2D eigenvalue weighted by Gasteiger charge is -2.42. The zero-order chi connectivity index (χ0) is 26.8. The lowest BCUT2D eigenvalue weighted by atomic mass is 9.96. The summed E-state index contributed by atoms with van der Waals surface area (Å²) in [6, 6.07) is 12.9. The Kier molecular flexibility index (Phi) is 6.45. The number of halogens is 1. The molecule has 1 saturated heterocycles. The fourth-order valence-electron chi connectivity index (χ4n) is 5.21. The number of amidine groups is 1. The van der Waals surface area contributed by atoms with Crippen molar-refractivity contribution in [3.63, 3.8) is 0 Å². The minimum Gasteiger partial charge on any atom is -0.380 e. The molecule has 2 amide bonds. The van der Waals surface area contributed by atoms with E-state index in [2.05, 4.69) is 10.1 Å². The molecular formula is C30H34FN5O3. The SMILES string of the molecule is C.Cn1cc(-c2ccc(-c3ccc(C4=NC(C)(C)C(=O)N4CC4CN(C(=O)C5(O)CC5)C4)c(F)c3)cc2)cn1. The molecule has 39 heavy (non-hydrogen) atoms. The fraction of sp³-hybridized carbons (Fsp3) is 0.400. The van der Waals surface area contributed by atoms with Gasteiger partial charge in [0.15, 0.2) is 0 Å². The second-order valence-corrected chi connectivity index (χ2v) is 11.2. The molecule has 3 aromatic rings. The molecule has 3 aliphatic rings. The van der Waals surface area contributed by atoms with Gasteiger partial charge in [0.2, 0.25) is 0 Å². The third-order valence-electron chi connectivity index (χ3n) is 7.68. The van der Waals surface area contributed by atoms with Gasteiger partial charge in [0, 0.05) is 44.4 Å². The van der Waals surface area contributed by atoms with Crippen LogP contribution in [0.3, 0.4) is 0 Å². The van der Waals surface area contributed by atoms with Gasteiger partial charge >= 0.3 is 0 Å². The molecule has 9 heteroatoms. The molecule has 8 nitrogen and oxygen atoms in total. The lowest BCUT2D eigenvalue weighted by molar-refractivity contribution is -0.149. The summed E-state index contributed by atoms with van der Waals surface area (Å²) in [5, 5.41) is 14.3. The molecule has 1 aromatic heterocycles. The van der Waals surface area contributed by atoms with Gasteiger partial charge in [0.25, 0.3) is 11.8 Å². The van der Waals surface area contributed by atoms with Crippen molar-refractivity contribution in [2.24, 2.45) is 18.0 Å². The Labute approximate surface area is 227 Å². The molecule has 0 unspecified atom stereocenters. The molecule has 2 aliphatic heterocycles. The van der Waals surface area contributed by atoms with Gasteiger partial charge in [-0.15, -0.1) is 0 Å². The standard InChI is InChI=1S/C29H30FN5O3.CH4/c1-28(2)26(36)35(16-18-14-34(15-18)27(37)29(38)10-11-29)25(32-28)23-9-8-21(12-24(23)30)19-4-6-20(7-5-19)22-13-31-33(3)17-22;/h4-9,12-13,17-18,38H,10-11,14-16H2,1-3H3;1H4. The number of benzene rings is 2. The van der Waals surface area contributed by atoms with Crippen LogP contribution in [0.5, 0.6) is 0 Å². The van der Waals surface area contributed by atoms with E-state index in [1.807, 2.05) is 43.6 Å². The number of carbonyl (C=O) groups is 2. The van der Waals surface area contributed by atoms with Crippen molar-refractivity contribution in [3.05, 3.63) is 66.2 Å². The summed E-state index contributed by atoms with van der Waals surface area (Å²) < 4.78 is 17.3. The first-order chi connectivity index (χ1) is 18.0. The summed E-state index contributed by atoms with van der Waals surface area (Å²) in [4.78, 5) is 33.3. The Bertz CT molecular complexity index is 1470. The van der Waals surface area contributed by atoms with Gasteiger partial charge in [-0.25, -0.2) is 4.39 Å². The zero-order valence-electron chi connectivity index (χ0n) is 21.7. The summed E-state index contributed by atoms with van der Waals surface area (Å²) in [6.07, 6.45) is 4.75. The van der Waals surface area contributed by atoms with Gasteiger partial charge in [0.05, 0.1) is 11.8 Å². The van der Waals surface area contributed by atoms with E-state index in [-0.39, 0.29) is 30.7 Å². The molecule has 2 fully saturated rings. The van der Waals surface area contributed by atoms with E-state index in [0.717, 1.165) is 22.3 Å². The van der Waals surface area contributed by atoms with Crippen LogP contribution in [0.15, 0.2) is 59.9 Å². The van der Waals surface area contributed by atoms with Crippen LogP contribution in [0.25, 0.3) is 22.3 Å². The van der Waals surface area contributed by atoms with Crippen molar-refractivity contribution < 1.29 is 19.1 Å². The van der Waals surface area contributed by atoms with Crippen LogP contribution in [0.4, 0.5) is 4.39 Å². The van der Waals surface area contributed by atoms with Crippen LogP contribution in [0, 0.1) is 11.7 Å². The number of hydrogen-bond donors (Lipinski definition) is 1. The van der Waals surface area contributed by atoms with Crippen LogP contribution in [0.2, 0.25) is 0 Å². The van der Waals surface area contributed by atoms with Crippen LogP contribution in [-0.4, -0.2) is 73.1 Å². The maximum Gasteiger partial charge on any atom is 0.255 e. The highest BCUT2D eigenvalue weighted by atomic mass is 19.1. The quantitative estimate of drug-likeness (QED) is 0.523. The molecule has 1 N–H and O–H groups in total. The molecule has 0 radical (unpaired) electrons. The van der Waals surface area contributed by atoms with E-state index in [9.17, 15) is 14.7 Å². The van der Waals surface area contributed by atoms with Crippen molar-refractivity contribution >= 4 is 17.6 Å². The summed E-state index contributed by atoms with van der Waals surface area (Å²) in [6.45, 7) is 4.74. The highest BCUT2D eigenvalue weighted by Crippen LogP contribution is 2.39. The van der Waals surface area contributed by atoms with Crippen molar-refractivity contribution in [3.8, 4) is 22.3 Å². The van der Waals surface area contributed by atoms with Gasteiger partial charge in [-0.2, -0.15) is 5.10 Å². The Morgan fingerprint density at radius 2 is 1.67 bits per heavy atom. The fourth-order valence-corrected chi connectivity index (χ4v) is 5.21. The summed E-state index contributed by atoms with van der Waals surface area (Å²) in [5.74, 6) is -0.501. The van der Waals surface area contributed by atoms with Crippen molar-refractivity contribution in [1.82, 2.24) is 19.6 Å². The van der Waals surface area contributed by atoms with E-state index in [4.69, 9.17) is 0 Å². The summed E-state index contributed by atoms with van der Waals surface area (Å²) >= 11 is 0. The first kappa shape index (κ1) is 26.7. The molecule has 2 aromatic carbocycles. The molecular weight excluding hydrogens is 497 g/mol. The first-order valence-electron chi connectivity index (χ1n) is 12.9. The number of nitrogens with zero attached hydrogens (tertiary/aromatic N) is 5. The van der Waals surface area contributed by atoms with Crippen molar-refractivity contribution in [2.75, 3.05) is 19.6 Å². The van der Waals surface area contributed by atoms with Crippen molar-refractivity contribution in [1.29, 1.82) is 0 Å².